The van der Waals surface area contributed by atoms with Crippen LogP contribution in [0.15, 0.2) is 10.7 Å². The number of rotatable bonds is 4. The Labute approximate surface area is 95.4 Å². The molecule has 1 aliphatic rings. The Kier molecular flexibility index (Phi) is 3.59. The molecule has 4 heteroatoms. The molecule has 16 heavy (non-hydrogen) atoms. The van der Waals surface area contributed by atoms with Crippen molar-refractivity contribution in [3.8, 4) is 0 Å². The van der Waals surface area contributed by atoms with E-state index in [4.69, 9.17) is 4.42 Å². The number of aryl methyl sites for hydroxylation is 1. The number of aromatic nitrogens is 1. The van der Waals surface area contributed by atoms with Crippen LogP contribution in [0.2, 0.25) is 0 Å². The molecule has 0 unspecified atom stereocenters. The highest BCUT2D eigenvalue weighted by atomic mass is 16.3. The summed E-state index contributed by atoms with van der Waals surface area (Å²) in [5, 5.41) is 2.96. The smallest absolute Gasteiger partial charge is 0.223 e. The van der Waals surface area contributed by atoms with Crippen LogP contribution in [0.25, 0.3) is 0 Å². The van der Waals surface area contributed by atoms with Crippen LogP contribution < -0.4 is 5.32 Å². The molecule has 0 radical (unpaired) electrons. The van der Waals surface area contributed by atoms with Crippen molar-refractivity contribution in [2.24, 2.45) is 5.92 Å². The van der Waals surface area contributed by atoms with Crippen molar-refractivity contribution in [3.05, 3.63) is 17.8 Å². The minimum absolute atomic E-state index is 0.206. The van der Waals surface area contributed by atoms with Crippen molar-refractivity contribution >= 4 is 5.91 Å². The molecule has 4 nitrogen and oxygen atoms in total. The lowest BCUT2D eigenvalue weighted by Crippen LogP contribution is -2.30. The standard InChI is InChI=1S/C12H18N2O2/c1-9-14-11(8-16-9)6-7-13-12(15)10-4-2-3-5-10/h8,10H,2-7H2,1H3,(H,13,15). The van der Waals surface area contributed by atoms with Gasteiger partial charge in [0.15, 0.2) is 5.89 Å². The molecule has 1 N–H and O–H groups in total. The van der Waals surface area contributed by atoms with Crippen LogP contribution in [0.5, 0.6) is 0 Å². The first-order chi connectivity index (χ1) is 7.75. The average molecular weight is 222 g/mol. The summed E-state index contributed by atoms with van der Waals surface area (Å²) < 4.78 is 5.10. The van der Waals surface area contributed by atoms with Gasteiger partial charge in [0.2, 0.25) is 5.91 Å². The fourth-order valence-electron chi connectivity index (χ4n) is 2.17. The van der Waals surface area contributed by atoms with E-state index in [1.165, 1.54) is 12.8 Å². The third kappa shape index (κ3) is 2.84. The van der Waals surface area contributed by atoms with Gasteiger partial charge in [-0.3, -0.25) is 4.79 Å². The predicted molar refractivity (Wildman–Crippen MR) is 59.9 cm³/mol. The second-order valence-corrected chi connectivity index (χ2v) is 4.38. The summed E-state index contributed by atoms with van der Waals surface area (Å²) in [6.07, 6.45) is 6.89. The monoisotopic (exact) mass is 222 g/mol. The Morgan fingerprint density at radius 3 is 2.94 bits per heavy atom. The quantitative estimate of drug-likeness (QED) is 0.845. The molecule has 0 aliphatic heterocycles. The fraction of sp³-hybridized carbons (Fsp3) is 0.667. The van der Waals surface area contributed by atoms with Gasteiger partial charge in [0.25, 0.3) is 0 Å². The highest BCUT2D eigenvalue weighted by molar-refractivity contribution is 5.78. The van der Waals surface area contributed by atoms with E-state index in [0.717, 1.165) is 25.0 Å². The minimum Gasteiger partial charge on any atom is -0.449 e. The molecule has 0 atom stereocenters. The number of hydrogen-bond donors (Lipinski definition) is 1. The molecule has 1 aliphatic carbocycles. The Balaban J connectivity index is 1.69. The minimum atomic E-state index is 0.206. The Morgan fingerprint density at radius 2 is 2.31 bits per heavy atom. The summed E-state index contributed by atoms with van der Waals surface area (Å²) >= 11 is 0. The van der Waals surface area contributed by atoms with E-state index >= 15 is 0 Å². The maximum Gasteiger partial charge on any atom is 0.223 e. The zero-order chi connectivity index (χ0) is 11.4. The van der Waals surface area contributed by atoms with Crippen molar-refractivity contribution in [2.75, 3.05) is 6.54 Å². The van der Waals surface area contributed by atoms with E-state index in [2.05, 4.69) is 10.3 Å². The lowest BCUT2D eigenvalue weighted by Gasteiger charge is -2.09. The summed E-state index contributed by atoms with van der Waals surface area (Å²) in [5.41, 5.74) is 0.907. The van der Waals surface area contributed by atoms with Gasteiger partial charge in [0.1, 0.15) is 6.26 Å². The topological polar surface area (TPSA) is 55.1 Å². The van der Waals surface area contributed by atoms with Crippen molar-refractivity contribution in [2.45, 2.75) is 39.0 Å². The second kappa shape index (κ2) is 5.14. The molecule has 1 heterocycles. The molecule has 0 bridgehead atoms. The number of carbonyl (C=O) groups excluding carboxylic acids is 1. The fourth-order valence-corrected chi connectivity index (χ4v) is 2.17. The van der Waals surface area contributed by atoms with Crippen LogP contribution in [0.1, 0.15) is 37.3 Å². The van der Waals surface area contributed by atoms with Crippen LogP contribution in [-0.4, -0.2) is 17.4 Å². The van der Waals surface area contributed by atoms with Gasteiger partial charge in [-0.05, 0) is 12.8 Å². The molecule has 0 aromatic carbocycles. The van der Waals surface area contributed by atoms with Gasteiger partial charge in [-0.1, -0.05) is 12.8 Å². The van der Waals surface area contributed by atoms with E-state index in [1.807, 2.05) is 6.92 Å². The highest BCUT2D eigenvalue weighted by Crippen LogP contribution is 2.24. The normalized spacial score (nSPS) is 16.6. The summed E-state index contributed by atoms with van der Waals surface area (Å²) in [5.74, 6) is 1.13. The Morgan fingerprint density at radius 1 is 1.56 bits per heavy atom. The largest absolute Gasteiger partial charge is 0.449 e. The van der Waals surface area contributed by atoms with Gasteiger partial charge in [-0.2, -0.15) is 0 Å². The first-order valence-electron chi connectivity index (χ1n) is 5.94. The highest BCUT2D eigenvalue weighted by Gasteiger charge is 2.21. The molecule has 0 saturated heterocycles. The molecule has 1 saturated carbocycles. The van der Waals surface area contributed by atoms with E-state index in [-0.39, 0.29) is 11.8 Å². The van der Waals surface area contributed by atoms with Gasteiger partial charge >= 0.3 is 0 Å². The number of hydrogen-bond acceptors (Lipinski definition) is 3. The van der Waals surface area contributed by atoms with Crippen LogP contribution in [-0.2, 0) is 11.2 Å². The van der Waals surface area contributed by atoms with Gasteiger partial charge in [-0.15, -0.1) is 0 Å². The average Bonchev–Trinajstić information content (AvgIpc) is 2.89. The Bertz CT molecular complexity index is 354. The molecule has 1 aromatic heterocycles. The zero-order valence-electron chi connectivity index (χ0n) is 9.66. The van der Waals surface area contributed by atoms with Crippen LogP contribution >= 0.6 is 0 Å². The predicted octanol–water partition coefficient (Wildman–Crippen LogP) is 1.83. The SMILES string of the molecule is Cc1nc(CCNC(=O)C2CCCC2)co1. The summed E-state index contributed by atoms with van der Waals surface area (Å²) in [7, 11) is 0. The van der Waals surface area contributed by atoms with E-state index < -0.39 is 0 Å². The molecule has 1 amide bonds. The number of carbonyl (C=O) groups is 1. The van der Waals surface area contributed by atoms with Crippen molar-refractivity contribution in [3.63, 3.8) is 0 Å². The van der Waals surface area contributed by atoms with E-state index in [1.54, 1.807) is 6.26 Å². The maximum atomic E-state index is 11.7. The molecular formula is C12H18N2O2. The molecule has 0 spiro atoms. The molecular weight excluding hydrogens is 204 g/mol. The number of nitrogens with one attached hydrogen (secondary N) is 1. The van der Waals surface area contributed by atoms with Gasteiger partial charge < -0.3 is 9.73 Å². The van der Waals surface area contributed by atoms with Crippen molar-refractivity contribution in [1.82, 2.24) is 10.3 Å². The van der Waals surface area contributed by atoms with Gasteiger partial charge in [-0.25, -0.2) is 4.98 Å². The molecule has 88 valence electrons. The summed E-state index contributed by atoms with van der Waals surface area (Å²) in [4.78, 5) is 15.9. The number of amides is 1. The van der Waals surface area contributed by atoms with E-state index in [0.29, 0.717) is 12.4 Å². The van der Waals surface area contributed by atoms with Crippen molar-refractivity contribution in [1.29, 1.82) is 0 Å². The van der Waals surface area contributed by atoms with Crippen molar-refractivity contribution < 1.29 is 9.21 Å². The number of oxazole rings is 1. The maximum absolute atomic E-state index is 11.7. The van der Waals surface area contributed by atoms with Gasteiger partial charge in [0, 0.05) is 25.8 Å². The Hall–Kier alpha value is -1.32. The number of nitrogens with zero attached hydrogens (tertiary/aromatic N) is 1. The van der Waals surface area contributed by atoms with Crippen LogP contribution in [0, 0.1) is 12.8 Å². The third-order valence-electron chi connectivity index (χ3n) is 3.07. The molecule has 1 fully saturated rings. The first kappa shape index (κ1) is 11.2. The zero-order valence-corrected chi connectivity index (χ0v) is 9.66. The molecule has 1 aromatic rings. The summed E-state index contributed by atoms with van der Waals surface area (Å²) in [6.45, 7) is 2.47. The van der Waals surface area contributed by atoms with Crippen LogP contribution in [0.4, 0.5) is 0 Å². The molecule has 2 rings (SSSR count). The summed E-state index contributed by atoms with van der Waals surface area (Å²) in [6, 6.07) is 0. The lowest BCUT2D eigenvalue weighted by atomic mass is 10.1. The van der Waals surface area contributed by atoms with E-state index in [9.17, 15) is 4.79 Å². The van der Waals surface area contributed by atoms with Gasteiger partial charge in [0.05, 0.1) is 5.69 Å². The second-order valence-electron chi connectivity index (χ2n) is 4.38. The lowest BCUT2D eigenvalue weighted by molar-refractivity contribution is -0.124. The third-order valence-corrected chi connectivity index (χ3v) is 3.07. The van der Waals surface area contributed by atoms with Crippen LogP contribution in [0.3, 0.4) is 0 Å². The first-order valence-corrected chi connectivity index (χ1v) is 5.94.